The first-order chi connectivity index (χ1) is 20.4. The van der Waals surface area contributed by atoms with Crippen LogP contribution in [-0.4, -0.2) is 89.5 Å². The molecular weight excluding hydrogens is 522 g/mol. The van der Waals surface area contributed by atoms with Crippen LogP contribution in [0.5, 0.6) is 0 Å². The molecule has 42 heavy (non-hydrogen) atoms. The van der Waals surface area contributed by atoms with Gasteiger partial charge >= 0.3 is 0 Å². The number of benzene rings is 2. The molecule has 5 rings (SSSR count). The number of rotatable bonds is 9. The lowest BCUT2D eigenvalue weighted by molar-refractivity contribution is 0.0619. The zero-order chi connectivity index (χ0) is 29.5. The van der Waals surface area contributed by atoms with Gasteiger partial charge in [0.2, 0.25) is 0 Å². The molecule has 2 saturated heterocycles. The Morgan fingerprint density at radius 2 is 1.76 bits per heavy atom. The van der Waals surface area contributed by atoms with Crippen LogP contribution in [0.4, 0.5) is 0 Å². The van der Waals surface area contributed by atoms with E-state index >= 15 is 0 Å². The highest BCUT2D eigenvalue weighted by atomic mass is 16.2. The van der Waals surface area contributed by atoms with Gasteiger partial charge in [0.25, 0.3) is 5.91 Å². The summed E-state index contributed by atoms with van der Waals surface area (Å²) in [5.41, 5.74) is 5.98. The second-order valence-electron chi connectivity index (χ2n) is 11.4. The Morgan fingerprint density at radius 1 is 1.02 bits per heavy atom. The number of aliphatic imine (C=N–C) groups is 2. The molecule has 2 aliphatic heterocycles. The average molecular weight is 564 g/mol. The molecule has 0 saturated carbocycles. The Morgan fingerprint density at radius 3 is 2.45 bits per heavy atom. The van der Waals surface area contributed by atoms with Crippen molar-refractivity contribution in [2.75, 3.05) is 52.4 Å². The molecule has 1 amide bonds. The van der Waals surface area contributed by atoms with Gasteiger partial charge in [-0.25, -0.2) is 0 Å². The van der Waals surface area contributed by atoms with Crippen LogP contribution in [0.3, 0.4) is 0 Å². The van der Waals surface area contributed by atoms with E-state index in [1.807, 2.05) is 49.4 Å². The molecule has 0 unspecified atom stereocenters. The summed E-state index contributed by atoms with van der Waals surface area (Å²) in [7, 11) is 2.00. The Hall–Kier alpha value is -4.06. The van der Waals surface area contributed by atoms with E-state index in [1.165, 1.54) is 11.1 Å². The highest BCUT2D eigenvalue weighted by molar-refractivity contribution is 6.29. The van der Waals surface area contributed by atoms with Gasteiger partial charge in [0.15, 0.2) is 0 Å². The number of hydrogen-bond donors (Lipinski definition) is 0. The molecular formula is C34H41N7O. The fourth-order valence-corrected chi connectivity index (χ4v) is 6.10. The van der Waals surface area contributed by atoms with Crippen molar-refractivity contribution in [2.24, 2.45) is 17.0 Å². The quantitative estimate of drug-likeness (QED) is 0.348. The number of likely N-dealkylation sites (tertiary alicyclic amines) is 1. The molecule has 8 heteroatoms. The molecule has 0 bridgehead atoms. The third kappa shape index (κ3) is 7.04. The van der Waals surface area contributed by atoms with E-state index in [4.69, 9.17) is 5.26 Å². The number of amides is 1. The smallest absolute Gasteiger partial charge is 0.270 e. The number of aromatic nitrogens is 1. The van der Waals surface area contributed by atoms with Crippen LogP contribution in [0.2, 0.25) is 0 Å². The van der Waals surface area contributed by atoms with Gasteiger partial charge in [0, 0.05) is 69.6 Å². The number of hydrogen-bond acceptors (Lipinski definition) is 6. The normalized spacial score (nSPS) is 17.6. The maximum absolute atomic E-state index is 13.6. The largest absolute Gasteiger partial charge is 0.340 e. The maximum atomic E-state index is 13.6. The minimum Gasteiger partial charge on any atom is -0.340 e. The summed E-state index contributed by atoms with van der Waals surface area (Å²) in [6, 6.07) is 18.8. The zero-order valence-corrected chi connectivity index (χ0v) is 24.9. The van der Waals surface area contributed by atoms with Crippen molar-refractivity contribution in [1.82, 2.24) is 19.3 Å². The van der Waals surface area contributed by atoms with E-state index in [-0.39, 0.29) is 5.91 Å². The number of piperidine rings is 1. The molecule has 2 aromatic carbocycles. The fourth-order valence-electron chi connectivity index (χ4n) is 6.10. The third-order valence-corrected chi connectivity index (χ3v) is 8.61. The van der Waals surface area contributed by atoms with E-state index in [1.54, 1.807) is 6.20 Å². The first-order valence-corrected chi connectivity index (χ1v) is 14.9. The molecule has 0 radical (unpaired) electrons. The first kappa shape index (κ1) is 29.4. The second kappa shape index (κ2) is 13.7. The van der Waals surface area contributed by atoms with Crippen molar-refractivity contribution in [2.45, 2.75) is 32.2 Å². The molecule has 0 spiro atoms. The Balaban J connectivity index is 1.14. The number of carbonyl (C=O) groups is 1. The van der Waals surface area contributed by atoms with Crippen LogP contribution in [0.25, 0.3) is 10.9 Å². The van der Waals surface area contributed by atoms with Crippen molar-refractivity contribution >= 4 is 28.7 Å². The minimum atomic E-state index is 0.107. The molecule has 2 fully saturated rings. The lowest BCUT2D eigenvalue weighted by Gasteiger charge is -2.34. The lowest BCUT2D eigenvalue weighted by atomic mass is 9.89. The highest BCUT2D eigenvalue weighted by Gasteiger charge is 2.26. The standard InChI is InChI=1S/C34H41N7O/c1-4-37-26(2)24-36-13-16-39-14-11-29(12-15-39)30-9-10-32-31(21-30)22-33(38(32)3)34(42)41-19-17-40(18-20-41)25-28-7-5-27(23-35)6-8-28/h4-10,21-22,24,29H,1,11-20,25H2,2-3H3/b36-24-,37-26-. The molecule has 0 aliphatic carbocycles. The number of carbonyl (C=O) groups excluding carboxylic acids is 1. The fraction of sp³-hybridized carbons (Fsp3) is 0.412. The molecule has 0 N–H and O–H groups in total. The monoisotopic (exact) mass is 563 g/mol. The van der Waals surface area contributed by atoms with Gasteiger partial charge in [0.05, 0.1) is 23.9 Å². The Kier molecular flexibility index (Phi) is 9.63. The lowest BCUT2D eigenvalue weighted by Crippen LogP contribution is -2.48. The van der Waals surface area contributed by atoms with E-state index in [0.717, 1.165) is 81.0 Å². The van der Waals surface area contributed by atoms with E-state index in [2.05, 4.69) is 61.3 Å². The topological polar surface area (TPSA) is 80.2 Å². The molecule has 3 heterocycles. The summed E-state index contributed by atoms with van der Waals surface area (Å²) in [6.07, 6.45) is 5.64. The van der Waals surface area contributed by atoms with Crippen molar-refractivity contribution in [3.63, 3.8) is 0 Å². The van der Waals surface area contributed by atoms with Gasteiger partial charge in [-0.05, 0) is 80.2 Å². The van der Waals surface area contributed by atoms with E-state index < -0.39 is 0 Å². The summed E-state index contributed by atoms with van der Waals surface area (Å²) >= 11 is 0. The summed E-state index contributed by atoms with van der Waals surface area (Å²) in [4.78, 5) is 29.0. The summed E-state index contributed by atoms with van der Waals surface area (Å²) in [5.74, 6) is 0.648. The average Bonchev–Trinajstić information content (AvgIpc) is 3.35. The number of aryl methyl sites for hydroxylation is 1. The third-order valence-electron chi connectivity index (χ3n) is 8.61. The van der Waals surface area contributed by atoms with Gasteiger partial charge in [-0.15, -0.1) is 0 Å². The summed E-state index contributed by atoms with van der Waals surface area (Å²) in [6.45, 7) is 13.4. The van der Waals surface area contributed by atoms with Crippen molar-refractivity contribution in [3.05, 3.63) is 83.7 Å². The number of fused-ring (bicyclic) bond motifs is 1. The van der Waals surface area contributed by atoms with Gasteiger partial charge in [-0.3, -0.25) is 19.7 Å². The molecule has 218 valence electrons. The minimum absolute atomic E-state index is 0.107. The van der Waals surface area contributed by atoms with Crippen molar-refractivity contribution < 1.29 is 4.79 Å². The maximum Gasteiger partial charge on any atom is 0.270 e. The molecule has 0 atom stereocenters. The van der Waals surface area contributed by atoms with Crippen LogP contribution in [-0.2, 0) is 13.6 Å². The molecule has 1 aromatic heterocycles. The predicted molar refractivity (Wildman–Crippen MR) is 170 cm³/mol. The SMILES string of the molecule is C=C/N=C(C)\C=N/CCN1CCC(c2ccc3c(c2)cc(C(=O)N2CCN(Cc4ccc(C#N)cc4)CC2)n3C)CC1. The van der Waals surface area contributed by atoms with Crippen LogP contribution >= 0.6 is 0 Å². The second-order valence-corrected chi connectivity index (χ2v) is 11.4. The van der Waals surface area contributed by atoms with Gasteiger partial charge in [-0.2, -0.15) is 5.26 Å². The summed E-state index contributed by atoms with van der Waals surface area (Å²) < 4.78 is 2.05. The van der Waals surface area contributed by atoms with Crippen molar-refractivity contribution in [3.8, 4) is 6.07 Å². The number of nitriles is 1. The Bertz CT molecular complexity index is 1500. The van der Waals surface area contributed by atoms with Crippen molar-refractivity contribution in [1.29, 1.82) is 5.26 Å². The van der Waals surface area contributed by atoms with Crippen LogP contribution in [0.1, 0.15) is 52.9 Å². The van der Waals surface area contributed by atoms with Crippen LogP contribution in [0, 0.1) is 11.3 Å². The Labute approximate surface area is 249 Å². The number of nitrogens with zero attached hydrogens (tertiary/aromatic N) is 7. The van der Waals surface area contributed by atoms with E-state index in [0.29, 0.717) is 24.6 Å². The molecule has 3 aromatic rings. The van der Waals surface area contributed by atoms with Gasteiger partial charge in [-0.1, -0.05) is 24.8 Å². The molecule has 2 aliphatic rings. The zero-order valence-electron chi connectivity index (χ0n) is 24.9. The number of piperazine rings is 1. The van der Waals surface area contributed by atoms with Gasteiger partial charge < -0.3 is 14.4 Å². The van der Waals surface area contributed by atoms with Gasteiger partial charge in [0.1, 0.15) is 5.69 Å². The highest BCUT2D eigenvalue weighted by Crippen LogP contribution is 2.31. The molecule has 8 nitrogen and oxygen atoms in total. The van der Waals surface area contributed by atoms with E-state index in [9.17, 15) is 4.79 Å². The first-order valence-electron chi connectivity index (χ1n) is 14.9. The van der Waals surface area contributed by atoms with Crippen LogP contribution < -0.4 is 0 Å². The predicted octanol–water partition coefficient (Wildman–Crippen LogP) is 4.86. The summed E-state index contributed by atoms with van der Waals surface area (Å²) in [5, 5.41) is 10.2. The van der Waals surface area contributed by atoms with Crippen LogP contribution in [0.15, 0.2) is 71.3 Å².